The van der Waals surface area contributed by atoms with Crippen molar-refractivity contribution in [2.75, 3.05) is 26.8 Å². The molecule has 1 saturated heterocycles. The SMILES string of the molecule is COCCC[C@]1(C(=O)O)CCCN(Cc2ccc(C(C)=O)cc2)C1. The van der Waals surface area contributed by atoms with Crippen molar-refractivity contribution in [1.82, 2.24) is 4.90 Å². The summed E-state index contributed by atoms with van der Waals surface area (Å²) in [4.78, 5) is 25.4. The molecular formula is C19H27NO4. The number of aliphatic carboxylic acids is 1. The molecule has 1 heterocycles. The number of rotatable bonds is 8. The standard InChI is InChI=1S/C19H27NO4/c1-15(21)17-7-5-16(6-8-17)13-20-11-3-9-19(14-20,18(22)23)10-4-12-24-2/h5-8H,3-4,9-14H2,1-2H3,(H,22,23)/t19-/m1/s1. The minimum atomic E-state index is -0.699. The monoisotopic (exact) mass is 333 g/mol. The molecule has 0 radical (unpaired) electrons. The Kier molecular flexibility index (Phi) is 6.52. The van der Waals surface area contributed by atoms with Gasteiger partial charge in [0, 0.05) is 32.4 Å². The Balaban J connectivity index is 2.02. The Morgan fingerprint density at radius 2 is 2.00 bits per heavy atom. The molecule has 0 saturated carbocycles. The number of carbonyl (C=O) groups is 2. The van der Waals surface area contributed by atoms with E-state index in [4.69, 9.17) is 4.74 Å². The molecule has 1 N–H and O–H groups in total. The second kappa shape index (κ2) is 8.40. The molecule has 132 valence electrons. The van der Waals surface area contributed by atoms with Crippen LogP contribution in [0.2, 0.25) is 0 Å². The summed E-state index contributed by atoms with van der Waals surface area (Å²) < 4.78 is 5.08. The van der Waals surface area contributed by atoms with E-state index in [9.17, 15) is 14.7 Å². The number of hydrogen-bond donors (Lipinski definition) is 1. The summed E-state index contributed by atoms with van der Waals surface area (Å²) in [7, 11) is 1.64. The van der Waals surface area contributed by atoms with Crippen LogP contribution in [-0.2, 0) is 16.1 Å². The maximum Gasteiger partial charge on any atom is 0.310 e. The molecule has 1 aromatic rings. The molecule has 0 bridgehead atoms. The van der Waals surface area contributed by atoms with E-state index in [1.165, 1.54) is 0 Å². The normalized spacial score (nSPS) is 21.6. The van der Waals surface area contributed by atoms with Crippen LogP contribution in [0.1, 0.15) is 48.5 Å². The fraction of sp³-hybridized carbons (Fsp3) is 0.579. The third-order valence-corrected chi connectivity index (χ3v) is 4.88. The highest BCUT2D eigenvalue weighted by Crippen LogP contribution is 2.35. The van der Waals surface area contributed by atoms with Crippen LogP contribution in [0.5, 0.6) is 0 Å². The number of hydrogen-bond acceptors (Lipinski definition) is 4. The summed E-state index contributed by atoms with van der Waals surface area (Å²) in [6.45, 7) is 4.36. The summed E-state index contributed by atoms with van der Waals surface area (Å²) in [5, 5.41) is 9.76. The quantitative estimate of drug-likeness (QED) is 0.585. The fourth-order valence-electron chi connectivity index (χ4n) is 3.51. The van der Waals surface area contributed by atoms with Gasteiger partial charge in [-0.1, -0.05) is 24.3 Å². The van der Waals surface area contributed by atoms with Crippen LogP contribution in [0.4, 0.5) is 0 Å². The van der Waals surface area contributed by atoms with Crippen molar-refractivity contribution < 1.29 is 19.4 Å². The van der Waals surface area contributed by atoms with E-state index in [-0.39, 0.29) is 5.78 Å². The van der Waals surface area contributed by atoms with Gasteiger partial charge in [0.25, 0.3) is 0 Å². The number of likely N-dealkylation sites (tertiary alicyclic amines) is 1. The molecule has 0 aromatic heterocycles. The molecule has 1 fully saturated rings. The first-order valence-electron chi connectivity index (χ1n) is 8.51. The number of methoxy groups -OCH3 is 1. The van der Waals surface area contributed by atoms with Crippen LogP contribution < -0.4 is 0 Å². The van der Waals surface area contributed by atoms with Crippen LogP contribution in [0.15, 0.2) is 24.3 Å². The largest absolute Gasteiger partial charge is 0.481 e. The molecule has 24 heavy (non-hydrogen) atoms. The van der Waals surface area contributed by atoms with Gasteiger partial charge in [0.15, 0.2) is 5.78 Å². The number of ether oxygens (including phenoxy) is 1. The average molecular weight is 333 g/mol. The Labute approximate surface area is 143 Å². The van der Waals surface area contributed by atoms with Gasteiger partial charge in [0.05, 0.1) is 5.41 Å². The maximum absolute atomic E-state index is 11.9. The van der Waals surface area contributed by atoms with E-state index in [0.29, 0.717) is 25.1 Å². The molecule has 1 atom stereocenters. The highest BCUT2D eigenvalue weighted by Gasteiger charge is 2.41. The van der Waals surface area contributed by atoms with Gasteiger partial charge in [-0.2, -0.15) is 0 Å². The molecule has 2 rings (SSSR count). The van der Waals surface area contributed by atoms with Gasteiger partial charge in [-0.3, -0.25) is 14.5 Å². The third kappa shape index (κ3) is 4.65. The first kappa shape index (κ1) is 18.6. The number of benzene rings is 1. The summed E-state index contributed by atoms with van der Waals surface area (Å²) in [6.07, 6.45) is 3.04. The highest BCUT2D eigenvalue weighted by molar-refractivity contribution is 5.94. The van der Waals surface area contributed by atoms with Crippen molar-refractivity contribution in [3.8, 4) is 0 Å². The van der Waals surface area contributed by atoms with Crippen molar-refractivity contribution in [3.63, 3.8) is 0 Å². The minimum absolute atomic E-state index is 0.0579. The van der Waals surface area contributed by atoms with Crippen molar-refractivity contribution >= 4 is 11.8 Å². The molecule has 0 spiro atoms. The Bertz CT molecular complexity index is 569. The number of ketones is 1. The Hall–Kier alpha value is -1.72. The first-order valence-corrected chi connectivity index (χ1v) is 8.51. The number of nitrogens with zero attached hydrogens (tertiary/aromatic N) is 1. The van der Waals surface area contributed by atoms with Gasteiger partial charge in [0.1, 0.15) is 0 Å². The second-order valence-electron chi connectivity index (χ2n) is 6.75. The molecule has 1 aliphatic rings. The molecule has 1 aromatic carbocycles. The van der Waals surface area contributed by atoms with Gasteiger partial charge < -0.3 is 9.84 Å². The zero-order valence-corrected chi connectivity index (χ0v) is 14.6. The smallest absolute Gasteiger partial charge is 0.310 e. The van der Waals surface area contributed by atoms with Crippen LogP contribution in [0.25, 0.3) is 0 Å². The van der Waals surface area contributed by atoms with Crippen LogP contribution >= 0.6 is 0 Å². The van der Waals surface area contributed by atoms with Gasteiger partial charge >= 0.3 is 5.97 Å². The summed E-state index contributed by atoms with van der Waals surface area (Å²) >= 11 is 0. The molecular weight excluding hydrogens is 306 g/mol. The van der Waals surface area contributed by atoms with Crippen LogP contribution in [0, 0.1) is 5.41 Å². The van der Waals surface area contributed by atoms with E-state index < -0.39 is 11.4 Å². The number of carboxylic acid groups (broad SMARTS) is 1. The van der Waals surface area contributed by atoms with Crippen LogP contribution in [-0.4, -0.2) is 48.6 Å². The number of carboxylic acids is 1. The molecule has 0 amide bonds. The van der Waals surface area contributed by atoms with E-state index in [2.05, 4.69) is 4.90 Å². The van der Waals surface area contributed by atoms with E-state index in [0.717, 1.165) is 37.9 Å². The lowest BCUT2D eigenvalue weighted by Gasteiger charge is -2.40. The lowest BCUT2D eigenvalue weighted by molar-refractivity contribution is -0.153. The first-order chi connectivity index (χ1) is 11.5. The number of carbonyl (C=O) groups excluding carboxylic acids is 1. The van der Waals surface area contributed by atoms with Crippen LogP contribution in [0.3, 0.4) is 0 Å². The zero-order chi connectivity index (χ0) is 17.6. The average Bonchev–Trinajstić information content (AvgIpc) is 2.56. The van der Waals surface area contributed by atoms with Gasteiger partial charge in [-0.15, -0.1) is 0 Å². The number of piperidine rings is 1. The molecule has 5 nitrogen and oxygen atoms in total. The molecule has 0 aliphatic carbocycles. The van der Waals surface area contributed by atoms with Crippen molar-refractivity contribution in [1.29, 1.82) is 0 Å². The highest BCUT2D eigenvalue weighted by atomic mass is 16.5. The van der Waals surface area contributed by atoms with Gasteiger partial charge in [0.2, 0.25) is 0 Å². The molecule has 1 aliphatic heterocycles. The third-order valence-electron chi connectivity index (χ3n) is 4.88. The van der Waals surface area contributed by atoms with Gasteiger partial charge in [-0.25, -0.2) is 0 Å². The predicted molar refractivity (Wildman–Crippen MR) is 92.1 cm³/mol. The summed E-state index contributed by atoms with van der Waals surface area (Å²) in [5.41, 5.74) is 1.14. The van der Waals surface area contributed by atoms with Crippen molar-refractivity contribution in [2.24, 2.45) is 5.41 Å². The predicted octanol–water partition coefficient (Wildman–Crippen LogP) is 2.98. The van der Waals surface area contributed by atoms with Crippen molar-refractivity contribution in [3.05, 3.63) is 35.4 Å². The summed E-state index contributed by atoms with van der Waals surface area (Å²) in [6, 6.07) is 7.59. The fourth-order valence-corrected chi connectivity index (χ4v) is 3.51. The van der Waals surface area contributed by atoms with Crippen molar-refractivity contribution in [2.45, 2.75) is 39.2 Å². The Morgan fingerprint density at radius 3 is 2.58 bits per heavy atom. The lowest BCUT2D eigenvalue weighted by Crippen LogP contribution is -2.47. The number of Topliss-reactive ketones (excluding diaryl/α,β-unsaturated/α-hetero) is 1. The summed E-state index contributed by atoms with van der Waals surface area (Å²) in [5.74, 6) is -0.641. The molecule has 0 unspecified atom stereocenters. The van der Waals surface area contributed by atoms with E-state index >= 15 is 0 Å². The lowest BCUT2D eigenvalue weighted by atomic mass is 9.76. The van der Waals surface area contributed by atoms with E-state index in [1.807, 2.05) is 24.3 Å². The minimum Gasteiger partial charge on any atom is -0.481 e. The maximum atomic E-state index is 11.9. The molecule has 5 heteroatoms. The van der Waals surface area contributed by atoms with Gasteiger partial charge in [-0.05, 0) is 44.7 Å². The zero-order valence-electron chi connectivity index (χ0n) is 14.6. The Morgan fingerprint density at radius 1 is 1.29 bits per heavy atom. The second-order valence-corrected chi connectivity index (χ2v) is 6.75. The van der Waals surface area contributed by atoms with E-state index in [1.54, 1.807) is 14.0 Å². The topological polar surface area (TPSA) is 66.8 Å².